The highest BCUT2D eigenvalue weighted by atomic mass is 35.5. The van der Waals surface area contributed by atoms with Gasteiger partial charge in [0.25, 0.3) is 21.2 Å². The number of nitrogens with two attached hydrogens (primary N) is 1. The first kappa shape index (κ1) is 52.3. The molecule has 0 saturated heterocycles. The minimum atomic E-state index is -4.22. The largest absolute Gasteiger partial charge is 0.497 e. The van der Waals surface area contributed by atoms with Crippen molar-refractivity contribution >= 4 is 124 Å². The van der Waals surface area contributed by atoms with Crippen molar-refractivity contribution in [3.63, 3.8) is 0 Å². The fourth-order valence-electron chi connectivity index (χ4n) is 5.75. The highest BCUT2D eigenvalue weighted by molar-refractivity contribution is 7.90. The molecule has 18 nitrogen and oxygen atoms in total. The summed E-state index contributed by atoms with van der Waals surface area (Å²) in [5, 5.41) is 14.4. The molecule has 2 aromatic carbocycles. The van der Waals surface area contributed by atoms with Gasteiger partial charge in [-0.2, -0.15) is 0 Å². The number of sulfonamides is 2. The van der Waals surface area contributed by atoms with E-state index >= 15 is 0 Å². The monoisotopic (exact) mass is 1070 g/mol. The van der Waals surface area contributed by atoms with Gasteiger partial charge in [0.1, 0.15) is 32.7 Å². The third-order valence-corrected chi connectivity index (χ3v) is 12.9. The van der Waals surface area contributed by atoms with Gasteiger partial charge < -0.3 is 27.8 Å². The van der Waals surface area contributed by atoms with Crippen molar-refractivity contribution in [1.82, 2.24) is 32.9 Å². The molecule has 1 amide bonds. The summed E-state index contributed by atoms with van der Waals surface area (Å²) >= 11 is 34.8. The molecule has 6 aromatic heterocycles. The number of nitrogens with zero attached hydrogens (tertiary/aromatic N) is 6. The van der Waals surface area contributed by atoms with Crippen LogP contribution in [0.1, 0.15) is 48.2 Å². The molecule has 0 aliphatic rings. The van der Waals surface area contributed by atoms with E-state index in [9.17, 15) is 31.2 Å². The smallest absolute Gasteiger partial charge is 0.356 e. The molecule has 8 rings (SSSR count). The predicted molar refractivity (Wildman–Crippen MR) is 254 cm³/mol. The van der Waals surface area contributed by atoms with Gasteiger partial charge >= 0.3 is 5.97 Å². The lowest BCUT2D eigenvalue weighted by Crippen LogP contribution is -2.31. The van der Waals surface area contributed by atoms with E-state index in [0.29, 0.717) is 37.8 Å². The van der Waals surface area contributed by atoms with Gasteiger partial charge in [-0.05, 0) is 91.5 Å². The fourth-order valence-corrected chi connectivity index (χ4v) is 9.32. The van der Waals surface area contributed by atoms with Gasteiger partial charge in [0, 0.05) is 49.3 Å². The van der Waals surface area contributed by atoms with Crippen molar-refractivity contribution in [2.75, 3.05) is 14.2 Å². The minimum Gasteiger partial charge on any atom is -0.497 e. The number of methoxy groups -OCH3 is 2. The molecule has 0 spiro atoms. The number of aromatic nitrogens is 6. The Kier molecular flexibility index (Phi) is 16.8. The molecule has 0 unspecified atom stereocenters. The SMILES string of the molecule is COc1ccc(Cl)c(S(=O)(=O)NC(=O)c2cn3cc(C)cc(Cl)c3n2)c1.COc1ccc(Cl)c(S(N)(=O)=O)c1.Cc1cc(Cl)c2nc(C(=O)Cl)cn2c1.Cc1cc(Cl)c2nc(C(=O)O)cn2c1. The van der Waals surface area contributed by atoms with Crippen LogP contribution in [-0.4, -0.2) is 81.4 Å². The number of pyridine rings is 3. The summed E-state index contributed by atoms with van der Waals surface area (Å²) in [4.78, 5) is 45.5. The highest BCUT2D eigenvalue weighted by Gasteiger charge is 2.24. The first-order valence-corrected chi connectivity index (χ1v) is 23.8. The molecule has 6 heterocycles. The zero-order chi connectivity index (χ0) is 49.7. The summed E-state index contributed by atoms with van der Waals surface area (Å²) in [7, 11) is -5.18. The van der Waals surface area contributed by atoms with Crippen LogP contribution in [0.2, 0.25) is 25.1 Å². The van der Waals surface area contributed by atoms with Crippen molar-refractivity contribution in [2.24, 2.45) is 5.14 Å². The molecular weight excluding hydrogens is 1040 g/mol. The number of carboxylic acid groups (broad SMARTS) is 1. The zero-order valence-corrected chi connectivity index (χ0v) is 41.3. The lowest BCUT2D eigenvalue weighted by molar-refractivity contribution is 0.0690. The third kappa shape index (κ3) is 13.1. The van der Waals surface area contributed by atoms with Crippen molar-refractivity contribution < 1.29 is 45.8 Å². The van der Waals surface area contributed by atoms with Crippen molar-refractivity contribution in [2.45, 2.75) is 30.6 Å². The first-order chi connectivity index (χ1) is 31.3. The van der Waals surface area contributed by atoms with Gasteiger partial charge in [-0.25, -0.2) is 46.4 Å². The average molecular weight is 1080 g/mol. The van der Waals surface area contributed by atoms with Crippen molar-refractivity contribution in [3.8, 4) is 11.5 Å². The van der Waals surface area contributed by atoms with Gasteiger partial charge in [-0.1, -0.05) is 58.0 Å². The summed E-state index contributed by atoms with van der Waals surface area (Å²) in [6.07, 6.45) is 9.73. The van der Waals surface area contributed by atoms with Crippen LogP contribution in [0.15, 0.2) is 102 Å². The minimum absolute atomic E-state index is 0.00231. The molecule has 352 valence electrons. The van der Waals surface area contributed by atoms with Crippen LogP contribution >= 0.6 is 69.6 Å². The van der Waals surface area contributed by atoms with E-state index in [1.165, 1.54) is 56.9 Å². The number of hydrogen-bond donors (Lipinski definition) is 3. The average Bonchev–Trinajstić information content (AvgIpc) is 3.99. The van der Waals surface area contributed by atoms with Gasteiger partial charge in [0.2, 0.25) is 10.0 Å². The second kappa shape index (κ2) is 21.5. The number of aryl methyl sites for hydroxylation is 3. The van der Waals surface area contributed by atoms with Gasteiger partial charge in [0.05, 0.1) is 39.3 Å². The molecular formula is C41H34Cl6N8O10S2. The molecule has 0 aliphatic heterocycles. The van der Waals surface area contributed by atoms with E-state index < -0.39 is 37.2 Å². The molecule has 0 aliphatic carbocycles. The Morgan fingerprint density at radius 2 is 0.955 bits per heavy atom. The number of ether oxygens (including phenoxy) is 2. The molecule has 4 N–H and O–H groups in total. The molecule has 0 fully saturated rings. The predicted octanol–water partition coefficient (Wildman–Crippen LogP) is 8.74. The van der Waals surface area contributed by atoms with Gasteiger partial charge in [0.15, 0.2) is 22.6 Å². The zero-order valence-electron chi connectivity index (χ0n) is 35.1. The first-order valence-electron chi connectivity index (χ1n) is 18.5. The Labute approximate surface area is 411 Å². The molecule has 0 atom stereocenters. The van der Waals surface area contributed by atoms with Crippen molar-refractivity contribution in [1.29, 1.82) is 0 Å². The fraction of sp³-hybridized carbons (Fsp3) is 0.122. The number of aromatic carboxylic acids is 1. The maximum Gasteiger partial charge on any atom is 0.356 e. The van der Waals surface area contributed by atoms with Crippen LogP contribution in [0.3, 0.4) is 0 Å². The Bertz CT molecular complexity index is 3360. The summed E-state index contributed by atoms with van der Waals surface area (Å²) in [5.41, 5.74) is 4.28. The van der Waals surface area contributed by atoms with E-state index in [2.05, 4.69) is 15.0 Å². The summed E-state index contributed by atoms with van der Waals surface area (Å²) in [5.74, 6) is -1.27. The third-order valence-electron chi connectivity index (χ3n) is 8.68. The number of nitrogens with one attached hydrogen (secondary N) is 1. The van der Waals surface area contributed by atoms with Gasteiger partial charge in [-0.3, -0.25) is 9.59 Å². The van der Waals surface area contributed by atoms with Crippen LogP contribution in [0.25, 0.3) is 16.9 Å². The molecule has 0 bridgehead atoms. The topological polar surface area (TPSA) is 248 Å². The summed E-state index contributed by atoms with van der Waals surface area (Å²) in [6.45, 7) is 5.62. The lowest BCUT2D eigenvalue weighted by Gasteiger charge is -2.09. The van der Waals surface area contributed by atoms with Crippen LogP contribution in [0, 0.1) is 20.8 Å². The number of carbonyl (C=O) groups excluding carboxylic acids is 2. The Morgan fingerprint density at radius 3 is 1.36 bits per heavy atom. The highest BCUT2D eigenvalue weighted by Crippen LogP contribution is 2.28. The van der Waals surface area contributed by atoms with E-state index in [-0.39, 0.29) is 42.7 Å². The number of imidazole rings is 3. The Hall–Kier alpha value is -5.68. The number of fused-ring (bicyclic) bond motifs is 3. The van der Waals surface area contributed by atoms with E-state index in [4.69, 9.17) is 89.3 Å². The quantitative estimate of drug-likeness (QED) is 0.121. The van der Waals surface area contributed by atoms with Crippen molar-refractivity contribution in [3.05, 3.63) is 151 Å². The maximum atomic E-state index is 12.5. The second-order valence-corrected chi connectivity index (χ2v) is 19.4. The van der Waals surface area contributed by atoms with E-state index in [1.54, 1.807) is 56.1 Å². The van der Waals surface area contributed by atoms with Crippen LogP contribution < -0.4 is 19.3 Å². The van der Waals surface area contributed by atoms with E-state index in [0.717, 1.165) is 16.7 Å². The number of carboxylic acids is 1. The van der Waals surface area contributed by atoms with Crippen LogP contribution in [0.4, 0.5) is 0 Å². The normalized spacial score (nSPS) is 11.2. The van der Waals surface area contributed by atoms with Crippen LogP contribution in [0.5, 0.6) is 11.5 Å². The second-order valence-electron chi connectivity index (χ2n) is 13.8. The number of rotatable bonds is 8. The summed E-state index contributed by atoms with van der Waals surface area (Å²) in [6, 6.07) is 13.6. The number of hydrogen-bond acceptors (Lipinski definition) is 12. The lowest BCUT2D eigenvalue weighted by atomic mass is 10.3. The number of benzene rings is 2. The Balaban J connectivity index is 0.000000176. The Morgan fingerprint density at radius 1 is 0.582 bits per heavy atom. The van der Waals surface area contributed by atoms with Gasteiger partial charge in [-0.15, -0.1) is 0 Å². The maximum absolute atomic E-state index is 12.5. The molecule has 26 heteroatoms. The molecule has 0 radical (unpaired) electrons. The van der Waals surface area contributed by atoms with Crippen LogP contribution in [-0.2, 0) is 20.0 Å². The number of amides is 1. The molecule has 8 aromatic rings. The standard InChI is InChI=1S/C16H13Cl2N3O4S.C9H6Cl2N2O.C9H7ClN2O2.C7H8ClNO3S/c1-9-5-12(18)15-19-13(8-21(15)7-9)16(22)20-26(23,24)14-6-10(25-2)3-4-11(14)17;1-5-2-6(10)9-12-7(8(11)14)4-13(9)3-5;1-5-2-6(10)8-11-7(9(13)14)4-12(8)3-5;1-12-5-2-3-6(8)7(4-5)13(9,10)11/h3-8H,1-2H3,(H,20,22);2-4H,1H3;2-4H,1H3,(H,13,14);2-4H,1H3,(H2,9,10,11). The summed E-state index contributed by atoms with van der Waals surface area (Å²) < 4.78 is 63.6. The number of halogens is 6. The molecule has 67 heavy (non-hydrogen) atoms. The van der Waals surface area contributed by atoms with E-state index in [1.807, 2.05) is 31.7 Å². The molecule has 0 saturated carbocycles. The number of primary sulfonamides is 1. The number of carbonyl (C=O) groups is 3.